The Labute approximate surface area is 116 Å². The van der Waals surface area contributed by atoms with Crippen LogP contribution >= 0.6 is 0 Å². The van der Waals surface area contributed by atoms with Gasteiger partial charge in [-0.15, -0.1) is 0 Å². The van der Waals surface area contributed by atoms with E-state index < -0.39 is 17.9 Å². The Balaban J connectivity index is 2.89. The molecular formula is C13H17NO6. The van der Waals surface area contributed by atoms with Crippen molar-refractivity contribution >= 4 is 11.9 Å². The minimum Gasteiger partial charge on any atom is -0.493 e. The second kappa shape index (κ2) is 7.34. The average Bonchev–Trinajstić information content (AvgIpc) is 2.45. The monoisotopic (exact) mass is 283 g/mol. The summed E-state index contributed by atoms with van der Waals surface area (Å²) >= 11 is 0. The van der Waals surface area contributed by atoms with Gasteiger partial charge in [0.05, 0.1) is 14.2 Å². The Hall–Kier alpha value is -2.28. The summed E-state index contributed by atoms with van der Waals surface area (Å²) < 4.78 is 10.1. The summed E-state index contributed by atoms with van der Waals surface area (Å²) in [5, 5.41) is 20.0. The lowest BCUT2D eigenvalue weighted by molar-refractivity contribution is -0.139. The maximum Gasteiger partial charge on any atom is 0.326 e. The number of hydrogen-bond acceptors (Lipinski definition) is 5. The zero-order valence-electron chi connectivity index (χ0n) is 11.3. The van der Waals surface area contributed by atoms with Gasteiger partial charge in [0, 0.05) is 18.6 Å². The molecule has 1 aromatic carbocycles. The average molecular weight is 283 g/mol. The largest absolute Gasteiger partial charge is 0.493 e. The predicted octanol–water partition coefficient (Wildman–Crippen LogP) is 0.269. The number of carbonyl (C=O) groups is 2. The summed E-state index contributed by atoms with van der Waals surface area (Å²) in [5.41, 5.74) is 0.242. The zero-order valence-corrected chi connectivity index (χ0v) is 11.3. The van der Waals surface area contributed by atoms with Gasteiger partial charge in [-0.3, -0.25) is 4.79 Å². The molecule has 0 fully saturated rings. The second-order valence-electron chi connectivity index (χ2n) is 3.95. The van der Waals surface area contributed by atoms with Gasteiger partial charge in [0.1, 0.15) is 6.04 Å². The summed E-state index contributed by atoms with van der Waals surface area (Å²) in [7, 11) is 2.91. The summed E-state index contributed by atoms with van der Waals surface area (Å²) in [4.78, 5) is 22.9. The first-order chi connectivity index (χ1) is 9.53. The van der Waals surface area contributed by atoms with Crippen molar-refractivity contribution in [2.24, 2.45) is 0 Å². The van der Waals surface area contributed by atoms with Gasteiger partial charge in [-0.25, -0.2) is 4.79 Å². The number of rotatable bonds is 7. The quantitative estimate of drug-likeness (QED) is 0.663. The maximum absolute atomic E-state index is 11.9. The maximum atomic E-state index is 11.9. The van der Waals surface area contributed by atoms with Gasteiger partial charge in [-0.05, 0) is 18.2 Å². The van der Waals surface area contributed by atoms with Crippen molar-refractivity contribution in [3.05, 3.63) is 23.8 Å². The first-order valence-corrected chi connectivity index (χ1v) is 5.90. The molecule has 0 aliphatic carbocycles. The first-order valence-electron chi connectivity index (χ1n) is 5.90. The molecule has 1 amide bonds. The molecule has 0 aliphatic heterocycles. The van der Waals surface area contributed by atoms with Crippen molar-refractivity contribution in [2.45, 2.75) is 12.5 Å². The van der Waals surface area contributed by atoms with Crippen LogP contribution in [0.1, 0.15) is 16.8 Å². The van der Waals surface area contributed by atoms with Crippen LogP contribution in [0, 0.1) is 0 Å². The number of carbonyl (C=O) groups excluding carboxylic acids is 1. The molecule has 1 atom stereocenters. The highest BCUT2D eigenvalue weighted by Crippen LogP contribution is 2.27. The number of aliphatic hydroxyl groups excluding tert-OH is 1. The molecule has 7 heteroatoms. The van der Waals surface area contributed by atoms with Gasteiger partial charge in [-0.2, -0.15) is 0 Å². The molecule has 1 rings (SSSR count). The van der Waals surface area contributed by atoms with E-state index in [0.717, 1.165) is 0 Å². The van der Waals surface area contributed by atoms with Crippen LogP contribution in [0.3, 0.4) is 0 Å². The van der Waals surface area contributed by atoms with Gasteiger partial charge in [0.25, 0.3) is 5.91 Å². The van der Waals surface area contributed by atoms with Crippen molar-refractivity contribution in [2.75, 3.05) is 20.8 Å². The summed E-state index contributed by atoms with van der Waals surface area (Å²) in [6.45, 7) is -0.330. The fraction of sp³-hybridized carbons (Fsp3) is 0.385. The van der Waals surface area contributed by atoms with E-state index in [4.69, 9.17) is 19.7 Å². The molecule has 0 bridgehead atoms. The van der Waals surface area contributed by atoms with Crippen LogP contribution in [0.15, 0.2) is 18.2 Å². The number of ether oxygens (including phenoxy) is 2. The van der Waals surface area contributed by atoms with E-state index in [-0.39, 0.29) is 18.6 Å². The molecule has 0 radical (unpaired) electrons. The Morgan fingerprint density at radius 1 is 1.25 bits per heavy atom. The number of aliphatic hydroxyl groups is 1. The van der Waals surface area contributed by atoms with Crippen molar-refractivity contribution in [3.8, 4) is 11.5 Å². The highest BCUT2D eigenvalue weighted by molar-refractivity contribution is 5.97. The number of aliphatic carboxylic acids is 1. The number of methoxy groups -OCH3 is 2. The van der Waals surface area contributed by atoms with Gasteiger partial charge in [0.15, 0.2) is 11.5 Å². The first kappa shape index (κ1) is 15.8. The summed E-state index contributed by atoms with van der Waals surface area (Å²) in [5.74, 6) is -0.928. The van der Waals surface area contributed by atoms with Crippen molar-refractivity contribution < 1.29 is 29.3 Å². The number of benzene rings is 1. The molecule has 1 aromatic rings. The molecule has 1 unspecified atom stereocenters. The van der Waals surface area contributed by atoms with Crippen LogP contribution in [-0.2, 0) is 4.79 Å². The van der Waals surface area contributed by atoms with E-state index in [9.17, 15) is 9.59 Å². The van der Waals surface area contributed by atoms with Gasteiger partial charge in [-0.1, -0.05) is 0 Å². The second-order valence-corrected chi connectivity index (χ2v) is 3.95. The smallest absolute Gasteiger partial charge is 0.326 e. The molecule has 0 heterocycles. The standard InChI is InChI=1S/C13H17NO6/c1-19-10-4-3-8(7-11(10)20-2)12(16)14-9(5-6-15)13(17)18/h3-4,7,9,15H,5-6H2,1-2H3,(H,14,16)(H,17,18). The summed E-state index contributed by atoms with van der Waals surface area (Å²) in [6.07, 6.45) is -0.0611. The zero-order chi connectivity index (χ0) is 15.1. The fourth-order valence-electron chi connectivity index (χ4n) is 1.61. The third-order valence-corrected chi connectivity index (χ3v) is 2.67. The third-order valence-electron chi connectivity index (χ3n) is 2.67. The molecule has 20 heavy (non-hydrogen) atoms. The number of amides is 1. The van der Waals surface area contributed by atoms with Crippen LogP contribution in [-0.4, -0.2) is 49.0 Å². The highest BCUT2D eigenvalue weighted by Gasteiger charge is 2.20. The van der Waals surface area contributed by atoms with Crippen LogP contribution < -0.4 is 14.8 Å². The summed E-state index contributed by atoms with van der Waals surface area (Å²) in [6, 6.07) is 3.36. The SMILES string of the molecule is COc1ccc(C(=O)NC(CCO)C(=O)O)cc1OC. The third kappa shape index (κ3) is 3.86. The van der Waals surface area contributed by atoms with Crippen molar-refractivity contribution in [1.29, 1.82) is 0 Å². The molecule has 0 saturated carbocycles. The Morgan fingerprint density at radius 2 is 1.90 bits per heavy atom. The highest BCUT2D eigenvalue weighted by atomic mass is 16.5. The number of carboxylic acid groups (broad SMARTS) is 1. The van der Waals surface area contributed by atoms with Crippen LogP contribution in [0.2, 0.25) is 0 Å². The minimum atomic E-state index is -1.20. The molecule has 0 aromatic heterocycles. The number of hydrogen-bond donors (Lipinski definition) is 3. The number of nitrogens with one attached hydrogen (secondary N) is 1. The van der Waals surface area contributed by atoms with Crippen LogP contribution in [0.4, 0.5) is 0 Å². The normalized spacial score (nSPS) is 11.6. The van der Waals surface area contributed by atoms with Crippen molar-refractivity contribution in [1.82, 2.24) is 5.32 Å². The lowest BCUT2D eigenvalue weighted by Gasteiger charge is -2.14. The molecule has 7 nitrogen and oxygen atoms in total. The molecule has 0 aliphatic rings. The lowest BCUT2D eigenvalue weighted by atomic mass is 10.1. The van der Waals surface area contributed by atoms with Gasteiger partial charge in [0.2, 0.25) is 0 Å². The van der Waals surface area contributed by atoms with E-state index >= 15 is 0 Å². The predicted molar refractivity (Wildman–Crippen MR) is 70.1 cm³/mol. The Morgan fingerprint density at radius 3 is 2.40 bits per heavy atom. The topological polar surface area (TPSA) is 105 Å². The van der Waals surface area contributed by atoms with Gasteiger partial charge < -0.3 is 25.0 Å². The molecule has 0 spiro atoms. The molecule has 3 N–H and O–H groups in total. The van der Waals surface area contributed by atoms with E-state index in [1.54, 1.807) is 6.07 Å². The van der Waals surface area contributed by atoms with Crippen LogP contribution in [0.25, 0.3) is 0 Å². The Kier molecular flexibility index (Phi) is 5.79. The lowest BCUT2D eigenvalue weighted by Crippen LogP contribution is -2.41. The van der Waals surface area contributed by atoms with E-state index in [1.807, 2.05) is 0 Å². The van der Waals surface area contributed by atoms with Crippen LogP contribution in [0.5, 0.6) is 11.5 Å². The Bertz CT molecular complexity index is 488. The molecule has 110 valence electrons. The number of carboxylic acids is 1. The van der Waals surface area contributed by atoms with E-state index in [0.29, 0.717) is 11.5 Å². The molecule has 0 saturated heterocycles. The molecular weight excluding hydrogens is 266 g/mol. The van der Waals surface area contributed by atoms with Crippen molar-refractivity contribution in [3.63, 3.8) is 0 Å². The van der Waals surface area contributed by atoms with E-state index in [1.165, 1.54) is 26.4 Å². The van der Waals surface area contributed by atoms with E-state index in [2.05, 4.69) is 5.32 Å². The van der Waals surface area contributed by atoms with Gasteiger partial charge >= 0.3 is 5.97 Å². The fourth-order valence-corrected chi connectivity index (χ4v) is 1.61. The minimum absolute atomic E-state index is 0.0611.